The molecule has 0 aromatic heterocycles. The van der Waals surface area contributed by atoms with E-state index in [1.165, 1.54) is 13.2 Å². The van der Waals surface area contributed by atoms with Crippen molar-refractivity contribution in [1.82, 2.24) is 5.32 Å². The number of imide groups is 1. The second-order valence-corrected chi connectivity index (χ2v) is 4.34. The number of amides is 2. The highest BCUT2D eigenvalue weighted by Crippen LogP contribution is 2.16. The van der Waals surface area contributed by atoms with Crippen molar-refractivity contribution < 1.29 is 23.9 Å². The van der Waals surface area contributed by atoms with Crippen LogP contribution in [0.25, 0.3) is 0 Å². The van der Waals surface area contributed by atoms with E-state index < -0.39 is 24.4 Å². The maximum absolute atomic E-state index is 11.9. The molecule has 20 heavy (non-hydrogen) atoms. The Balaban J connectivity index is 2.58. The molecule has 1 aromatic carbocycles. The van der Waals surface area contributed by atoms with Crippen LogP contribution in [0.1, 0.15) is 24.2 Å². The third kappa shape index (κ3) is 4.38. The Kier molecular flexibility index (Phi) is 5.71. The molecule has 0 fully saturated rings. The molecule has 0 aliphatic rings. The minimum Gasteiger partial charge on any atom is -0.496 e. The molecule has 0 atom stereocenters. The van der Waals surface area contributed by atoms with E-state index in [1.54, 1.807) is 32.0 Å². The van der Waals surface area contributed by atoms with Crippen LogP contribution in [0.15, 0.2) is 24.3 Å². The van der Waals surface area contributed by atoms with Gasteiger partial charge in [0.1, 0.15) is 5.75 Å². The molecule has 0 heterocycles. The van der Waals surface area contributed by atoms with E-state index in [-0.39, 0.29) is 11.5 Å². The van der Waals surface area contributed by atoms with E-state index in [9.17, 15) is 14.4 Å². The van der Waals surface area contributed by atoms with Crippen molar-refractivity contribution in [2.75, 3.05) is 13.7 Å². The molecule has 0 saturated heterocycles. The van der Waals surface area contributed by atoms with Crippen molar-refractivity contribution in [1.29, 1.82) is 0 Å². The predicted molar refractivity (Wildman–Crippen MR) is 71.3 cm³/mol. The summed E-state index contributed by atoms with van der Waals surface area (Å²) in [5.74, 6) is -1.75. The quantitative estimate of drug-likeness (QED) is 0.818. The number of ether oxygens (including phenoxy) is 2. The zero-order valence-corrected chi connectivity index (χ0v) is 11.6. The van der Waals surface area contributed by atoms with Crippen LogP contribution >= 0.6 is 0 Å². The summed E-state index contributed by atoms with van der Waals surface area (Å²) in [6, 6.07) is 6.50. The van der Waals surface area contributed by atoms with E-state index in [4.69, 9.17) is 9.47 Å². The van der Waals surface area contributed by atoms with Gasteiger partial charge < -0.3 is 9.47 Å². The van der Waals surface area contributed by atoms with Crippen LogP contribution in [-0.2, 0) is 14.3 Å². The molecular formula is C14H17NO5. The summed E-state index contributed by atoms with van der Waals surface area (Å²) >= 11 is 0. The normalized spacial score (nSPS) is 10.0. The molecule has 0 saturated carbocycles. The Morgan fingerprint density at radius 2 is 1.85 bits per heavy atom. The van der Waals surface area contributed by atoms with Gasteiger partial charge in [-0.3, -0.25) is 19.7 Å². The first-order valence-corrected chi connectivity index (χ1v) is 6.09. The highest BCUT2D eigenvalue weighted by Gasteiger charge is 2.16. The number of esters is 1. The fourth-order valence-corrected chi connectivity index (χ4v) is 1.37. The van der Waals surface area contributed by atoms with E-state index in [0.717, 1.165) is 0 Å². The lowest BCUT2D eigenvalue weighted by molar-refractivity contribution is -0.151. The zero-order valence-electron chi connectivity index (χ0n) is 11.6. The van der Waals surface area contributed by atoms with Crippen LogP contribution in [0.4, 0.5) is 0 Å². The molecule has 108 valence electrons. The number of nitrogens with one attached hydrogen (secondary N) is 1. The molecule has 0 bridgehead atoms. The largest absolute Gasteiger partial charge is 0.496 e. The van der Waals surface area contributed by atoms with E-state index >= 15 is 0 Å². The number of hydrogen-bond donors (Lipinski definition) is 1. The molecule has 1 rings (SSSR count). The SMILES string of the molecule is COc1ccccc1C(=O)NC(=O)COC(=O)C(C)C. The number of benzene rings is 1. The first kappa shape index (κ1) is 15.7. The Morgan fingerprint density at radius 1 is 1.20 bits per heavy atom. The number of methoxy groups -OCH3 is 1. The van der Waals surface area contributed by atoms with Crippen LogP contribution in [0, 0.1) is 5.92 Å². The van der Waals surface area contributed by atoms with Crippen molar-refractivity contribution >= 4 is 17.8 Å². The molecule has 0 aliphatic carbocycles. The summed E-state index contributed by atoms with van der Waals surface area (Å²) in [6.45, 7) is 2.82. The molecule has 0 radical (unpaired) electrons. The summed E-state index contributed by atoms with van der Waals surface area (Å²) in [6.07, 6.45) is 0. The topological polar surface area (TPSA) is 81.7 Å². The second-order valence-electron chi connectivity index (χ2n) is 4.34. The molecular weight excluding hydrogens is 262 g/mol. The third-order valence-electron chi connectivity index (χ3n) is 2.42. The van der Waals surface area contributed by atoms with Gasteiger partial charge in [0.2, 0.25) is 0 Å². The maximum atomic E-state index is 11.9. The number of hydrogen-bond acceptors (Lipinski definition) is 5. The van der Waals surface area contributed by atoms with Gasteiger partial charge in [0, 0.05) is 0 Å². The number of para-hydroxylation sites is 1. The number of carbonyl (C=O) groups excluding carboxylic acids is 3. The Bertz CT molecular complexity index is 510. The van der Waals surface area contributed by atoms with Gasteiger partial charge in [0.05, 0.1) is 18.6 Å². The minimum atomic E-state index is -0.685. The maximum Gasteiger partial charge on any atom is 0.308 e. The highest BCUT2D eigenvalue weighted by molar-refractivity contribution is 6.06. The standard InChI is InChI=1S/C14H17NO5/c1-9(2)14(18)20-8-12(16)15-13(17)10-6-4-5-7-11(10)19-3/h4-7,9H,8H2,1-3H3,(H,15,16,17). The summed E-state index contributed by atoms with van der Waals surface area (Å²) < 4.78 is 9.74. The molecule has 0 unspecified atom stereocenters. The van der Waals surface area contributed by atoms with Gasteiger partial charge in [-0.15, -0.1) is 0 Å². The van der Waals surface area contributed by atoms with Crippen LogP contribution in [0.5, 0.6) is 5.75 Å². The summed E-state index contributed by atoms with van der Waals surface area (Å²) in [4.78, 5) is 34.6. The van der Waals surface area contributed by atoms with Crippen molar-refractivity contribution in [2.45, 2.75) is 13.8 Å². The van der Waals surface area contributed by atoms with Gasteiger partial charge in [-0.25, -0.2) is 0 Å². The Morgan fingerprint density at radius 3 is 2.45 bits per heavy atom. The second kappa shape index (κ2) is 7.28. The van der Waals surface area contributed by atoms with Crippen LogP contribution < -0.4 is 10.1 Å². The lowest BCUT2D eigenvalue weighted by Gasteiger charge is -2.09. The minimum absolute atomic E-state index is 0.235. The van der Waals surface area contributed by atoms with E-state index in [0.29, 0.717) is 5.75 Å². The molecule has 1 aromatic rings. The van der Waals surface area contributed by atoms with E-state index in [1.807, 2.05) is 0 Å². The van der Waals surface area contributed by atoms with E-state index in [2.05, 4.69) is 5.32 Å². The predicted octanol–water partition coefficient (Wildman–Crippen LogP) is 1.15. The lowest BCUT2D eigenvalue weighted by atomic mass is 10.2. The van der Waals surface area contributed by atoms with Crippen LogP contribution in [0.3, 0.4) is 0 Å². The fraction of sp³-hybridized carbons (Fsp3) is 0.357. The first-order valence-electron chi connectivity index (χ1n) is 6.09. The summed E-state index contributed by atoms with van der Waals surface area (Å²) in [5.41, 5.74) is 0.235. The molecule has 2 amide bonds. The van der Waals surface area contributed by atoms with Crippen molar-refractivity contribution in [3.05, 3.63) is 29.8 Å². The molecule has 0 spiro atoms. The van der Waals surface area contributed by atoms with Crippen molar-refractivity contribution in [3.63, 3.8) is 0 Å². The Labute approximate surface area is 117 Å². The van der Waals surface area contributed by atoms with Crippen molar-refractivity contribution in [3.8, 4) is 5.75 Å². The lowest BCUT2D eigenvalue weighted by Crippen LogP contribution is -2.34. The van der Waals surface area contributed by atoms with Crippen LogP contribution in [-0.4, -0.2) is 31.5 Å². The van der Waals surface area contributed by atoms with Gasteiger partial charge in [0.15, 0.2) is 6.61 Å². The van der Waals surface area contributed by atoms with Gasteiger partial charge in [0.25, 0.3) is 11.8 Å². The zero-order chi connectivity index (χ0) is 15.1. The van der Waals surface area contributed by atoms with Gasteiger partial charge in [-0.1, -0.05) is 26.0 Å². The third-order valence-corrected chi connectivity index (χ3v) is 2.42. The monoisotopic (exact) mass is 279 g/mol. The molecule has 0 aliphatic heterocycles. The summed E-state index contributed by atoms with van der Waals surface area (Å²) in [5, 5.41) is 2.13. The number of carbonyl (C=O) groups is 3. The van der Waals surface area contributed by atoms with Gasteiger partial charge in [-0.05, 0) is 12.1 Å². The van der Waals surface area contributed by atoms with Gasteiger partial charge >= 0.3 is 5.97 Å². The fourth-order valence-electron chi connectivity index (χ4n) is 1.37. The van der Waals surface area contributed by atoms with Crippen LogP contribution in [0.2, 0.25) is 0 Å². The smallest absolute Gasteiger partial charge is 0.308 e. The summed E-state index contributed by atoms with van der Waals surface area (Å²) in [7, 11) is 1.43. The Hall–Kier alpha value is -2.37. The first-order chi connectivity index (χ1) is 9.45. The highest BCUT2D eigenvalue weighted by atomic mass is 16.5. The molecule has 6 nitrogen and oxygen atoms in total. The molecule has 6 heteroatoms. The van der Waals surface area contributed by atoms with Gasteiger partial charge in [-0.2, -0.15) is 0 Å². The number of rotatable bonds is 5. The van der Waals surface area contributed by atoms with Crippen molar-refractivity contribution in [2.24, 2.45) is 5.92 Å². The average Bonchev–Trinajstić information content (AvgIpc) is 2.44. The molecule has 1 N–H and O–H groups in total. The average molecular weight is 279 g/mol.